The summed E-state index contributed by atoms with van der Waals surface area (Å²) in [4.78, 5) is 22.4. The minimum Gasteiger partial charge on any atom is -0.465 e. The van der Waals surface area contributed by atoms with Gasteiger partial charge in [-0.25, -0.2) is 4.79 Å². The smallest absolute Gasteiger partial charge is 0.404 e. The van der Waals surface area contributed by atoms with E-state index in [1.165, 1.54) is 0 Å². The van der Waals surface area contributed by atoms with Crippen molar-refractivity contribution in [2.45, 2.75) is 32.9 Å². The number of carbonyl (C=O) groups is 2. The van der Waals surface area contributed by atoms with Gasteiger partial charge in [-0.3, -0.25) is 4.79 Å². The molecule has 0 bridgehead atoms. The van der Waals surface area contributed by atoms with Gasteiger partial charge in [-0.05, 0) is 31.0 Å². The highest BCUT2D eigenvalue weighted by atomic mass is 35.5. The fraction of sp³-hybridized carbons (Fsp3) is 0.429. The maximum Gasteiger partial charge on any atom is 0.404 e. The van der Waals surface area contributed by atoms with E-state index in [1.54, 1.807) is 32.0 Å². The number of nitrogens with one attached hydrogen (secondary N) is 2. The van der Waals surface area contributed by atoms with E-state index in [2.05, 4.69) is 10.6 Å². The quantitative estimate of drug-likeness (QED) is 0.747. The van der Waals surface area contributed by atoms with Crippen LogP contribution in [0.15, 0.2) is 18.2 Å². The van der Waals surface area contributed by atoms with Crippen LogP contribution in [0.2, 0.25) is 10.0 Å². The molecule has 0 heterocycles. The van der Waals surface area contributed by atoms with Crippen LogP contribution in [-0.4, -0.2) is 23.1 Å². The van der Waals surface area contributed by atoms with Gasteiger partial charge in [-0.1, -0.05) is 36.2 Å². The van der Waals surface area contributed by atoms with Gasteiger partial charge in [0, 0.05) is 18.5 Å². The van der Waals surface area contributed by atoms with Crippen LogP contribution in [0.5, 0.6) is 0 Å². The van der Waals surface area contributed by atoms with Crippen molar-refractivity contribution in [1.29, 1.82) is 0 Å². The first-order chi connectivity index (χ1) is 9.79. The Kier molecular flexibility index (Phi) is 6.78. The average molecular weight is 333 g/mol. The number of halogens is 2. The van der Waals surface area contributed by atoms with Crippen molar-refractivity contribution in [2.24, 2.45) is 5.92 Å². The Labute approximate surface area is 133 Å². The first kappa shape index (κ1) is 17.6. The lowest BCUT2D eigenvalue weighted by Crippen LogP contribution is -2.36. The molecular formula is C14H18Cl2N2O3. The maximum atomic E-state index is 11.9. The number of carbonyl (C=O) groups excluding carboxylic acids is 1. The van der Waals surface area contributed by atoms with Crippen LogP contribution in [0, 0.1) is 5.92 Å². The second-order valence-electron chi connectivity index (χ2n) is 4.95. The largest absolute Gasteiger partial charge is 0.465 e. The topological polar surface area (TPSA) is 78.4 Å². The summed E-state index contributed by atoms with van der Waals surface area (Å²) in [7, 11) is 0. The molecular weight excluding hydrogens is 315 g/mol. The van der Waals surface area contributed by atoms with Gasteiger partial charge in [0.05, 0.1) is 10.0 Å². The monoisotopic (exact) mass is 332 g/mol. The van der Waals surface area contributed by atoms with Crippen LogP contribution in [-0.2, 0) is 11.3 Å². The zero-order valence-corrected chi connectivity index (χ0v) is 13.3. The SMILES string of the molecule is CC(C[C@H](C)C(=O)NCc1ccc(Cl)c(Cl)c1)NC(=O)O. The molecule has 21 heavy (non-hydrogen) atoms. The Morgan fingerprint density at radius 2 is 1.90 bits per heavy atom. The van der Waals surface area contributed by atoms with Crippen molar-refractivity contribution < 1.29 is 14.7 Å². The van der Waals surface area contributed by atoms with Gasteiger partial charge in [0.15, 0.2) is 0 Å². The number of rotatable bonds is 6. The molecule has 1 unspecified atom stereocenters. The molecule has 1 aromatic rings. The van der Waals surface area contributed by atoms with Crippen LogP contribution < -0.4 is 10.6 Å². The molecule has 5 nitrogen and oxygen atoms in total. The van der Waals surface area contributed by atoms with Crippen molar-refractivity contribution in [2.75, 3.05) is 0 Å². The molecule has 0 fully saturated rings. The molecule has 0 aliphatic rings. The maximum absolute atomic E-state index is 11.9. The fourth-order valence-electron chi connectivity index (χ4n) is 1.92. The van der Waals surface area contributed by atoms with Crippen molar-refractivity contribution in [1.82, 2.24) is 10.6 Å². The number of carboxylic acid groups (broad SMARTS) is 1. The van der Waals surface area contributed by atoms with Crippen LogP contribution in [0.3, 0.4) is 0 Å². The number of benzene rings is 1. The highest BCUT2D eigenvalue weighted by Gasteiger charge is 2.17. The lowest BCUT2D eigenvalue weighted by Gasteiger charge is -2.17. The highest BCUT2D eigenvalue weighted by Crippen LogP contribution is 2.22. The van der Waals surface area contributed by atoms with E-state index in [0.717, 1.165) is 5.56 Å². The van der Waals surface area contributed by atoms with Gasteiger partial charge in [0.1, 0.15) is 0 Å². The molecule has 2 amide bonds. The van der Waals surface area contributed by atoms with E-state index in [1.807, 2.05) is 0 Å². The van der Waals surface area contributed by atoms with Gasteiger partial charge in [-0.15, -0.1) is 0 Å². The molecule has 0 aromatic heterocycles. The summed E-state index contributed by atoms with van der Waals surface area (Å²) in [5.74, 6) is -0.435. The zero-order chi connectivity index (χ0) is 16.0. The average Bonchev–Trinajstić information content (AvgIpc) is 2.38. The van der Waals surface area contributed by atoms with E-state index >= 15 is 0 Å². The third-order valence-corrected chi connectivity index (χ3v) is 3.71. The van der Waals surface area contributed by atoms with Crippen LogP contribution >= 0.6 is 23.2 Å². The van der Waals surface area contributed by atoms with Gasteiger partial charge < -0.3 is 15.7 Å². The molecule has 0 aliphatic heterocycles. The second-order valence-corrected chi connectivity index (χ2v) is 5.77. The van der Waals surface area contributed by atoms with Crippen LogP contribution in [0.1, 0.15) is 25.8 Å². The number of amides is 2. The lowest BCUT2D eigenvalue weighted by atomic mass is 10.0. The molecule has 0 saturated carbocycles. The standard InChI is InChI=1S/C14H18Cl2N2O3/c1-8(5-9(2)18-14(20)21)13(19)17-7-10-3-4-11(15)12(16)6-10/h3-4,6,8-9,18H,5,7H2,1-2H3,(H,17,19)(H,20,21)/t8-,9?/m0/s1. The minimum atomic E-state index is -1.09. The second kappa shape index (κ2) is 8.10. The molecule has 7 heteroatoms. The van der Waals surface area contributed by atoms with Crippen molar-refractivity contribution in [3.63, 3.8) is 0 Å². The summed E-state index contributed by atoms with van der Waals surface area (Å²) < 4.78 is 0. The third kappa shape index (κ3) is 6.23. The molecule has 1 rings (SSSR count). The normalized spacial score (nSPS) is 13.3. The van der Waals surface area contributed by atoms with E-state index in [4.69, 9.17) is 28.3 Å². The molecule has 3 N–H and O–H groups in total. The fourth-order valence-corrected chi connectivity index (χ4v) is 2.24. The summed E-state index contributed by atoms with van der Waals surface area (Å²) in [6.45, 7) is 3.82. The van der Waals surface area contributed by atoms with E-state index in [0.29, 0.717) is 23.0 Å². The van der Waals surface area contributed by atoms with Gasteiger partial charge in [0.25, 0.3) is 0 Å². The predicted molar refractivity (Wildman–Crippen MR) is 82.7 cm³/mol. The summed E-state index contributed by atoms with van der Waals surface area (Å²) in [5, 5.41) is 14.6. The summed E-state index contributed by atoms with van der Waals surface area (Å²) in [5.41, 5.74) is 0.849. The Morgan fingerprint density at radius 3 is 2.48 bits per heavy atom. The van der Waals surface area contributed by atoms with Gasteiger partial charge >= 0.3 is 6.09 Å². The first-order valence-corrected chi connectivity index (χ1v) is 7.26. The number of hydrogen-bond acceptors (Lipinski definition) is 2. The van der Waals surface area contributed by atoms with E-state index in [-0.39, 0.29) is 17.9 Å². The van der Waals surface area contributed by atoms with Crippen molar-refractivity contribution in [3.8, 4) is 0 Å². The molecule has 0 aliphatic carbocycles. The molecule has 1 aromatic carbocycles. The predicted octanol–water partition coefficient (Wildman–Crippen LogP) is 3.29. The lowest BCUT2D eigenvalue weighted by molar-refractivity contribution is -0.125. The zero-order valence-electron chi connectivity index (χ0n) is 11.8. The number of hydrogen-bond donors (Lipinski definition) is 3. The summed E-state index contributed by atoms with van der Waals surface area (Å²) in [6, 6.07) is 4.87. The Bertz CT molecular complexity index is 523. The van der Waals surface area contributed by atoms with Crippen molar-refractivity contribution in [3.05, 3.63) is 33.8 Å². The Hall–Kier alpha value is -1.46. The highest BCUT2D eigenvalue weighted by molar-refractivity contribution is 6.42. The molecule has 0 spiro atoms. The first-order valence-electron chi connectivity index (χ1n) is 6.50. The molecule has 0 radical (unpaired) electrons. The van der Waals surface area contributed by atoms with Crippen molar-refractivity contribution >= 4 is 35.2 Å². The van der Waals surface area contributed by atoms with Gasteiger partial charge in [0.2, 0.25) is 5.91 Å². The molecule has 116 valence electrons. The summed E-state index contributed by atoms with van der Waals surface area (Å²) >= 11 is 11.7. The summed E-state index contributed by atoms with van der Waals surface area (Å²) in [6.07, 6.45) is -0.662. The molecule has 2 atom stereocenters. The van der Waals surface area contributed by atoms with Crippen LogP contribution in [0.4, 0.5) is 4.79 Å². The van der Waals surface area contributed by atoms with E-state index < -0.39 is 6.09 Å². The van der Waals surface area contributed by atoms with Crippen LogP contribution in [0.25, 0.3) is 0 Å². The Morgan fingerprint density at radius 1 is 1.24 bits per heavy atom. The minimum absolute atomic E-state index is 0.139. The van der Waals surface area contributed by atoms with E-state index in [9.17, 15) is 9.59 Å². The third-order valence-electron chi connectivity index (χ3n) is 2.98. The molecule has 0 saturated heterocycles. The van der Waals surface area contributed by atoms with Gasteiger partial charge in [-0.2, -0.15) is 0 Å². The Balaban J connectivity index is 2.45.